The van der Waals surface area contributed by atoms with E-state index < -0.39 is 32.8 Å². The summed E-state index contributed by atoms with van der Waals surface area (Å²) in [6.07, 6.45) is 7.33. The quantitative estimate of drug-likeness (QED) is 0.315. The first-order valence-electron chi connectivity index (χ1n) is 13.1. The summed E-state index contributed by atoms with van der Waals surface area (Å²) in [5, 5.41) is 7.17. The normalized spacial score (nSPS) is 21.6. The van der Waals surface area contributed by atoms with E-state index in [4.69, 9.17) is 10.5 Å². The highest BCUT2D eigenvalue weighted by molar-refractivity contribution is 7.91. The molecule has 1 aliphatic rings. The largest absolute Gasteiger partial charge is 0.377 e. The van der Waals surface area contributed by atoms with Gasteiger partial charge in [-0.25, -0.2) is 22.2 Å². The van der Waals surface area contributed by atoms with Crippen molar-refractivity contribution >= 4 is 27.0 Å². The highest BCUT2D eigenvalue weighted by Crippen LogP contribution is 2.41. The molecule has 0 amide bonds. The second kappa shape index (κ2) is 11.2. The summed E-state index contributed by atoms with van der Waals surface area (Å²) in [6.45, 7) is 4.28. The average molecular weight is 571 g/mol. The molecule has 1 aliphatic carbocycles. The number of aromatic nitrogens is 4. The van der Waals surface area contributed by atoms with E-state index in [0.29, 0.717) is 42.2 Å². The molecule has 3 heterocycles. The maximum Gasteiger partial charge on any atom is 0.229 e. The van der Waals surface area contributed by atoms with E-state index in [-0.39, 0.29) is 29.7 Å². The Kier molecular flexibility index (Phi) is 7.85. The van der Waals surface area contributed by atoms with Crippen LogP contribution in [0.3, 0.4) is 0 Å². The number of rotatable bonds is 8. The molecule has 40 heavy (non-hydrogen) atoms. The lowest BCUT2D eigenvalue weighted by Gasteiger charge is -2.38. The number of sulfone groups is 1. The third kappa shape index (κ3) is 5.56. The highest BCUT2D eigenvalue weighted by atomic mass is 32.2. The molecular weight excluding hydrogens is 538 g/mol. The highest BCUT2D eigenvalue weighted by Gasteiger charge is 2.40. The first kappa shape index (κ1) is 28.1. The van der Waals surface area contributed by atoms with Crippen molar-refractivity contribution in [3.05, 3.63) is 71.7 Å². The second-order valence-corrected chi connectivity index (χ2v) is 12.6. The minimum Gasteiger partial charge on any atom is -0.377 e. The Morgan fingerprint density at radius 3 is 2.58 bits per heavy atom. The zero-order valence-electron chi connectivity index (χ0n) is 22.5. The monoisotopic (exact) mass is 570 g/mol. The van der Waals surface area contributed by atoms with Gasteiger partial charge in [0.2, 0.25) is 5.95 Å². The number of anilines is 2. The average Bonchev–Trinajstić information content (AvgIpc) is 3.28. The molecule has 0 bridgehead atoms. The van der Waals surface area contributed by atoms with Gasteiger partial charge in [0.05, 0.1) is 46.7 Å². The molecule has 1 fully saturated rings. The van der Waals surface area contributed by atoms with Crippen LogP contribution in [0, 0.1) is 17.6 Å². The van der Waals surface area contributed by atoms with Crippen molar-refractivity contribution in [2.45, 2.75) is 50.5 Å². The number of benzene rings is 1. The molecule has 0 saturated heterocycles. The number of imidazole rings is 1. The van der Waals surface area contributed by atoms with Crippen LogP contribution in [-0.2, 0) is 21.2 Å². The molecule has 4 atom stereocenters. The second-order valence-electron chi connectivity index (χ2n) is 10.4. The zero-order valence-corrected chi connectivity index (χ0v) is 23.3. The topological polar surface area (TPSA) is 124 Å². The molecule has 0 spiro atoms. The van der Waals surface area contributed by atoms with Crippen LogP contribution in [0.15, 0.2) is 48.9 Å². The van der Waals surface area contributed by atoms with Gasteiger partial charge < -0.3 is 15.8 Å². The van der Waals surface area contributed by atoms with Gasteiger partial charge in [-0.15, -0.1) is 0 Å². The van der Waals surface area contributed by atoms with Crippen LogP contribution < -0.4 is 11.1 Å². The van der Waals surface area contributed by atoms with Crippen molar-refractivity contribution in [3.8, 4) is 11.3 Å². The Balaban J connectivity index is 1.46. The third-order valence-corrected chi connectivity index (χ3v) is 9.25. The summed E-state index contributed by atoms with van der Waals surface area (Å²) < 4.78 is 61.4. The lowest BCUT2D eigenvalue weighted by Crippen LogP contribution is -2.48. The number of halogens is 2. The molecule has 12 heteroatoms. The summed E-state index contributed by atoms with van der Waals surface area (Å²) in [6, 6.07) is 7.12. The van der Waals surface area contributed by atoms with Crippen molar-refractivity contribution in [3.63, 3.8) is 0 Å². The van der Waals surface area contributed by atoms with Crippen LogP contribution >= 0.6 is 0 Å². The van der Waals surface area contributed by atoms with Gasteiger partial charge in [0.15, 0.2) is 9.84 Å². The summed E-state index contributed by atoms with van der Waals surface area (Å²) in [5.41, 5.74) is 8.85. The molecule has 1 unspecified atom stereocenters. The van der Waals surface area contributed by atoms with Gasteiger partial charge in [0.25, 0.3) is 0 Å². The number of nitrogens with zero attached hydrogens (tertiary/aromatic N) is 4. The lowest BCUT2D eigenvalue weighted by atomic mass is 9.76. The Hall–Kier alpha value is -3.48. The molecule has 9 nitrogen and oxygen atoms in total. The fraction of sp³-hybridized carbons (Fsp3) is 0.393. The van der Waals surface area contributed by atoms with Gasteiger partial charge in [-0.1, -0.05) is 6.92 Å². The number of pyridine rings is 1. The number of nitrogens with one attached hydrogen (secondary N) is 1. The summed E-state index contributed by atoms with van der Waals surface area (Å²) in [5.74, 6) is -1.25. The van der Waals surface area contributed by atoms with Crippen LogP contribution in [0.4, 0.5) is 20.4 Å². The SMILES string of the molecule is CCOCc1cc(F)c(-c2ccc3cnc(Nc4cnccc4C4C[C@@H](N)[C@H](S(C)(=O)=O)[C@@H](C)C4)n3n2)c(F)c1. The molecular formula is C28H32F2N6O3S. The molecule has 5 rings (SSSR count). The third-order valence-electron chi connectivity index (χ3n) is 7.45. The van der Waals surface area contributed by atoms with E-state index in [2.05, 4.69) is 20.4 Å². The molecule has 3 aromatic heterocycles. The molecule has 0 aliphatic heterocycles. The fourth-order valence-corrected chi connectivity index (χ4v) is 7.52. The minimum atomic E-state index is -3.28. The molecule has 0 radical (unpaired) electrons. The van der Waals surface area contributed by atoms with Crippen LogP contribution in [-0.4, -0.2) is 52.2 Å². The van der Waals surface area contributed by atoms with Crippen LogP contribution in [0.25, 0.3) is 16.8 Å². The molecule has 212 valence electrons. The number of nitrogens with two attached hydrogens (primary N) is 1. The van der Waals surface area contributed by atoms with Crippen LogP contribution in [0.1, 0.15) is 43.7 Å². The van der Waals surface area contributed by atoms with E-state index >= 15 is 0 Å². The van der Waals surface area contributed by atoms with Gasteiger partial charge in [-0.3, -0.25) is 4.98 Å². The summed E-state index contributed by atoms with van der Waals surface area (Å²) in [4.78, 5) is 8.69. The van der Waals surface area contributed by atoms with Crippen molar-refractivity contribution < 1.29 is 21.9 Å². The fourth-order valence-electron chi connectivity index (χ4n) is 5.82. The number of hydrogen-bond acceptors (Lipinski definition) is 8. The Morgan fingerprint density at radius 2 is 1.90 bits per heavy atom. The molecule has 1 saturated carbocycles. The summed E-state index contributed by atoms with van der Waals surface area (Å²) in [7, 11) is -3.28. The first-order valence-corrected chi connectivity index (χ1v) is 15.1. The Bertz CT molecular complexity index is 1610. The van der Waals surface area contributed by atoms with E-state index in [1.54, 1.807) is 30.7 Å². The zero-order chi connectivity index (χ0) is 28.6. The molecule has 3 N–H and O–H groups in total. The maximum atomic E-state index is 15.0. The Morgan fingerprint density at radius 1 is 1.15 bits per heavy atom. The van der Waals surface area contributed by atoms with E-state index in [9.17, 15) is 17.2 Å². The first-order chi connectivity index (χ1) is 19.1. The Labute approximate surface area is 231 Å². The minimum absolute atomic E-state index is 0.00152. The number of fused-ring (bicyclic) bond motifs is 1. The smallest absolute Gasteiger partial charge is 0.229 e. The predicted molar refractivity (Wildman–Crippen MR) is 149 cm³/mol. The van der Waals surface area contributed by atoms with Crippen molar-refractivity contribution in [1.29, 1.82) is 0 Å². The van der Waals surface area contributed by atoms with Crippen molar-refractivity contribution in [2.75, 3.05) is 18.2 Å². The van der Waals surface area contributed by atoms with Crippen molar-refractivity contribution in [2.24, 2.45) is 11.7 Å². The number of ether oxygens (including phenoxy) is 1. The van der Waals surface area contributed by atoms with E-state index in [0.717, 1.165) is 5.56 Å². The lowest BCUT2D eigenvalue weighted by molar-refractivity contribution is 0.133. The van der Waals surface area contributed by atoms with Gasteiger partial charge in [-0.05, 0) is 73.1 Å². The van der Waals surface area contributed by atoms with Gasteiger partial charge in [-0.2, -0.15) is 9.61 Å². The predicted octanol–water partition coefficient (Wildman–Crippen LogP) is 4.60. The molecule has 1 aromatic carbocycles. The van der Waals surface area contributed by atoms with Gasteiger partial charge >= 0.3 is 0 Å². The number of hydrogen-bond donors (Lipinski definition) is 2. The van der Waals surface area contributed by atoms with E-state index in [1.807, 2.05) is 19.9 Å². The van der Waals surface area contributed by atoms with Crippen LogP contribution in [0.2, 0.25) is 0 Å². The molecule has 4 aromatic rings. The van der Waals surface area contributed by atoms with Crippen LogP contribution in [0.5, 0.6) is 0 Å². The van der Waals surface area contributed by atoms with E-state index in [1.165, 1.54) is 22.9 Å². The maximum absolute atomic E-state index is 15.0. The van der Waals surface area contributed by atoms with Gasteiger partial charge in [0.1, 0.15) is 11.6 Å². The van der Waals surface area contributed by atoms with Gasteiger partial charge in [0, 0.05) is 25.1 Å². The summed E-state index contributed by atoms with van der Waals surface area (Å²) >= 11 is 0. The van der Waals surface area contributed by atoms with Crippen molar-refractivity contribution in [1.82, 2.24) is 19.6 Å². The standard InChI is InChI=1S/C28H32F2N6O3S/c1-4-39-15-17-10-21(29)26(22(30)11-17)24-6-5-19-13-33-28(36(19)35-24)34-25-14-32-8-7-20(25)18-9-16(2)27(23(31)12-18)40(3,37)38/h5-8,10-11,13-14,16,18,23,27H,4,9,12,15,31H2,1-3H3,(H,33,34)/t16-,18?,23+,27+/m0/s1.